The highest BCUT2D eigenvalue weighted by Gasteiger charge is 2.32. The van der Waals surface area contributed by atoms with E-state index in [0.717, 1.165) is 12.1 Å². The van der Waals surface area contributed by atoms with E-state index in [1.807, 2.05) is 0 Å². The minimum Gasteiger partial charge on any atom is -0.406 e. The largest absolute Gasteiger partial charge is 0.573 e. The smallest absolute Gasteiger partial charge is 0.406 e. The highest BCUT2D eigenvalue weighted by molar-refractivity contribution is 6.05. The van der Waals surface area contributed by atoms with Crippen molar-refractivity contribution in [3.63, 3.8) is 0 Å². The molecule has 0 bridgehead atoms. The molecule has 2 aromatic carbocycles. The quantitative estimate of drug-likeness (QED) is 0.888. The molecule has 8 heteroatoms. The second kappa shape index (κ2) is 6.46. The van der Waals surface area contributed by atoms with Crippen LogP contribution in [0, 0.1) is 0 Å². The van der Waals surface area contributed by atoms with Crippen LogP contribution in [0.2, 0.25) is 0 Å². The number of benzene rings is 2. The van der Waals surface area contributed by atoms with Crippen LogP contribution in [-0.2, 0) is 9.59 Å². The molecule has 3 rings (SSSR count). The number of ether oxygens (including phenoxy) is 1. The number of para-hydroxylation sites is 1. The minimum absolute atomic E-state index is 0.00187. The molecule has 1 heterocycles. The maximum Gasteiger partial charge on any atom is 0.573 e. The zero-order chi connectivity index (χ0) is 18.0. The Morgan fingerprint density at radius 3 is 2.48 bits per heavy atom. The van der Waals surface area contributed by atoms with Crippen LogP contribution < -0.4 is 15.4 Å². The third-order valence-corrected chi connectivity index (χ3v) is 3.67. The van der Waals surface area contributed by atoms with E-state index in [4.69, 9.17) is 0 Å². The van der Waals surface area contributed by atoms with E-state index in [1.165, 1.54) is 12.1 Å². The molecule has 1 aliphatic rings. The lowest BCUT2D eigenvalue weighted by atomic mass is 9.90. The maximum atomic E-state index is 12.5. The van der Waals surface area contributed by atoms with Gasteiger partial charge in [-0.25, -0.2) is 0 Å². The van der Waals surface area contributed by atoms with Gasteiger partial charge in [0.1, 0.15) is 5.75 Å². The molecule has 130 valence electrons. The highest BCUT2D eigenvalue weighted by Crippen LogP contribution is 2.33. The van der Waals surface area contributed by atoms with Gasteiger partial charge in [0.2, 0.25) is 11.8 Å². The van der Waals surface area contributed by atoms with Crippen LogP contribution in [0.1, 0.15) is 17.9 Å². The second-order valence-corrected chi connectivity index (χ2v) is 5.45. The van der Waals surface area contributed by atoms with Gasteiger partial charge in [-0.15, -0.1) is 13.2 Å². The first-order valence-electron chi connectivity index (χ1n) is 7.37. The third kappa shape index (κ3) is 4.09. The van der Waals surface area contributed by atoms with E-state index >= 15 is 0 Å². The van der Waals surface area contributed by atoms with Crippen molar-refractivity contribution in [1.29, 1.82) is 0 Å². The molecule has 1 unspecified atom stereocenters. The van der Waals surface area contributed by atoms with E-state index < -0.39 is 18.2 Å². The van der Waals surface area contributed by atoms with Crippen LogP contribution in [0.3, 0.4) is 0 Å². The van der Waals surface area contributed by atoms with E-state index in [9.17, 15) is 22.8 Å². The van der Waals surface area contributed by atoms with Gasteiger partial charge in [0, 0.05) is 17.8 Å². The Hall–Kier alpha value is -3.03. The van der Waals surface area contributed by atoms with Crippen molar-refractivity contribution >= 4 is 23.2 Å². The van der Waals surface area contributed by atoms with E-state index in [0.29, 0.717) is 16.9 Å². The minimum atomic E-state index is -4.77. The normalized spacial score (nSPS) is 16.6. The predicted molar refractivity (Wildman–Crippen MR) is 84.2 cm³/mol. The number of carbonyl (C=O) groups is 2. The van der Waals surface area contributed by atoms with Gasteiger partial charge in [-0.2, -0.15) is 0 Å². The van der Waals surface area contributed by atoms with Crippen LogP contribution in [0.25, 0.3) is 0 Å². The van der Waals surface area contributed by atoms with Gasteiger partial charge in [-0.1, -0.05) is 18.2 Å². The van der Waals surface area contributed by atoms with Crippen molar-refractivity contribution in [2.45, 2.75) is 18.7 Å². The molecular weight excluding hydrogens is 337 g/mol. The molecule has 1 atom stereocenters. The van der Waals surface area contributed by atoms with Crippen molar-refractivity contribution in [3.8, 4) is 5.75 Å². The lowest BCUT2D eigenvalue weighted by Crippen LogP contribution is -2.30. The zero-order valence-corrected chi connectivity index (χ0v) is 12.8. The van der Waals surface area contributed by atoms with Crippen LogP contribution in [0.5, 0.6) is 5.75 Å². The molecule has 0 aliphatic carbocycles. The molecule has 0 aromatic heterocycles. The number of alkyl halides is 3. The van der Waals surface area contributed by atoms with Crippen molar-refractivity contribution in [2.75, 3.05) is 10.6 Å². The maximum absolute atomic E-state index is 12.5. The first kappa shape index (κ1) is 16.8. The van der Waals surface area contributed by atoms with Gasteiger partial charge in [0.25, 0.3) is 0 Å². The molecular formula is C17H13F3N2O3. The van der Waals surface area contributed by atoms with Crippen molar-refractivity contribution in [3.05, 3.63) is 54.1 Å². The Labute approximate surface area is 140 Å². The summed E-state index contributed by atoms with van der Waals surface area (Å²) in [5.74, 6) is -1.73. The Morgan fingerprint density at radius 1 is 1.12 bits per heavy atom. The first-order chi connectivity index (χ1) is 11.8. The average molecular weight is 350 g/mol. The Morgan fingerprint density at radius 2 is 1.80 bits per heavy atom. The fraction of sp³-hybridized carbons (Fsp3) is 0.176. The summed E-state index contributed by atoms with van der Waals surface area (Å²) in [6.45, 7) is 0. The van der Waals surface area contributed by atoms with Crippen molar-refractivity contribution in [1.82, 2.24) is 0 Å². The summed E-state index contributed by atoms with van der Waals surface area (Å²) in [7, 11) is 0. The Bertz CT molecular complexity index is 804. The molecule has 0 radical (unpaired) electrons. The highest BCUT2D eigenvalue weighted by atomic mass is 19.4. The fourth-order valence-electron chi connectivity index (χ4n) is 2.61. The van der Waals surface area contributed by atoms with Crippen LogP contribution in [0.15, 0.2) is 48.5 Å². The van der Waals surface area contributed by atoms with Gasteiger partial charge in [0.15, 0.2) is 0 Å². The molecule has 25 heavy (non-hydrogen) atoms. The van der Waals surface area contributed by atoms with E-state index in [2.05, 4.69) is 15.4 Å². The molecule has 2 N–H and O–H groups in total. The summed E-state index contributed by atoms with van der Waals surface area (Å²) < 4.78 is 40.2. The lowest BCUT2D eigenvalue weighted by Gasteiger charge is -2.24. The van der Waals surface area contributed by atoms with Gasteiger partial charge in [-0.3, -0.25) is 9.59 Å². The summed E-state index contributed by atoms with van der Waals surface area (Å²) in [6.07, 6.45) is -4.78. The van der Waals surface area contributed by atoms with Gasteiger partial charge in [-0.05, 0) is 35.9 Å². The summed E-state index contributed by atoms with van der Waals surface area (Å²) >= 11 is 0. The number of hydrogen-bond acceptors (Lipinski definition) is 3. The molecule has 0 fully saturated rings. The fourth-order valence-corrected chi connectivity index (χ4v) is 2.61. The molecule has 2 amide bonds. The molecule has 0 saturated carbocycles. The van der Waals surface area contributed by atoms with Crippen molar-refractivity contribution < 1.29 is 27.5 Å². The molecule has 1 aliphatic heterocycles. The van der Waals surface area contributed by atoms with Gasteiger partial charge >= 0.3 is 6.36 Å². The third-order valence-electron chi connectivity index (χ3n) is 3.67. The number of amides is 2. The standard InChI is InChI=1S/C17H13F3N2O3/c18-17(19,20)25-11-7-5-10(6-8-11)21-16(24)13-9-15(23)22-14-4-2-1-3-12(13)14/h1-8,13H,9H2,(H,21,24)(H,22,23). The predicted octanol–water partition coefficient (Wildman–Crippen LogP) is 3.65. The average Bonchev–Trinajstić information content (AvgIpc) is 2.54. The summed E-state index contributed by atoms with van der Waals surface area (Å²) in [5, 5.41) is 5.30. The van der Waals surface area contributed by atoms with Crippen LogP contribution in [-0.4, -0.2) is 18.2 Å². The summed E-state index contributed by atoms with van der Waals surface area (Å²) in [4.78, 5) is 24.2. The van der Waals surface area contributed by atoms with Gasteiger partial charge in [0.05, 0.1) is 5.92 Å². The van der Waals surface area contributed by atoms with Crippen LogP contribution >= 0.6 is 0 Å². The van der Waals surface area contributed by atoms with Crippen LogP contribution in [0.4, 0.5) is 24.5 Å². The number of anilines is 2. The van der Waals surface area contributed by atoms with E-state index in [1.54, 1.807) is 24.3 Å². The van der Waals surface area contributed by atoms with Crippen molar-refractivity contribution in [2.24, 2.45) is 0 Å². The van der Waals surface area contributed by atoms with E-state index in [-0.39, 0.29) is 18.1 Å². The number of nitrogens with one attached hydrogen (secondary N) is 2. The lowest BCUT2D eigenvalue weighted by molar-refractivity contribution is -0.274. The van der Waals surface area contributed by atoms with Gasteiger partial charge < -0.3 is 15.4 Å². The second-order valence-electron chi connectivity index (χ2n) is 5.45. The Kier molecular flexibility index (Phi) is 4.35. The number of rotatable bonds is 3. The molecule has 0 spiro atoms. The molecule has 5 nitrogen and oxygen atoms in total. The first-order valence-corrected chi connectivity index (χ1v) is 7.37. The molecule has 0 saturated heterocycles. The number of carbonyl (C=O) groups excluding carboxylic acids is 2. The summed E-state index contributed by atoms with van der Waals surface area (Å²) in [5.41, 5.74) is 1.58. The monoisotopic (exact) mass is 350 g/mol. The Balaban J connectivity index is 1.73. The summed E-state index contributed by atoms with van der Waals surface area (Å²) in [6, 6.07) is 11.8. The molecule has 2 aromatic rings. The number of hydrogen-bond donors (Lipinski definition) is 2. The SMILES string of the molecule is O=C1CC(C(=O)Nc2ccc(OC(F)(F)F)cc2)c2ccccc2N1. The number of fused-ring (bicyclic) bond motifs is 1. The number of halogens is 3. The zero-order valence-electron chi connectivity index (χ0n) is 12.8. The topological polar surface area (TPSA) is 67.4 Å².